The van der Waals surface area contributed by atoms with Crippen LogP contribution in [0.5, 0.6) is 0 Å². The fraction of sp³-hybridized carbons (Fsp3) is 0.407. The van der Waals surface area contributed by atoms with E-state index < -0.39 is 0 Å². The molecule has 0 aliphatic heterocycles. The van der Waals surface area contributed by atoms with Crippen LogP contribution in [-0.2, 0) is 0 Å². The second-order valence-corrected chi connectivity index (χ2v) is 8.52. The van der Waals surface area contributed by atoms with Crippen molar-refractivity contribution in [2.45, 2.75) is 47.0 Å². The summed E-state index contributed by atoms with van der Waals surface area (Å²) in [7, 11) is 0. The van der Waals surface area contributed by atoms with Crippen LogP contribution in [0.1, 0.15) is 54.6 Å². The molecule has 0 bridgehead atoms. The van der Waals surface area contributed by atoms with E-state index in [0.29, 0.717) is 17.9 Å². The van der Waals surface area contributed by atoms with Gasteiger partial charge in [-0.15, -0.1) is 0 Å². The fourth-order valence-corrected chi connectivity index (χ4v) is 4.19. The lowest BCUT2D eigenvalue weighted by atomic mass is 10.1. The molecule has 3 rings (SSSR count). The number of aryl methyl sites for hydroxylation is 2. The first kappa shape index (κ1) is 23.7. The van der Waals surface area contributed by atoms with Crippen molar-refractivity contribution in [2.24, 2.45) is 0 Å². The van der Waals surface area contributed by atoms with Crippen molar-refractivity contribution >= 4 is 28.3 Å². The molecule has 0 fully saturated rings. The maximum atomic E-state index is 13.1. The van der Waals surface area contributed by atoms with Gasteiger partial charge in [-0.1, -0.05) is 38.1 Å². The Labute approximate surface area is 192 Å². The molecule has 0 unspecified atom stereocenters. The standard InChI is InChI=1S/C27H36N4O/c1-5-13-31(14-6-2)15-9-12-28-27(32)24-19-26(30-25-11-8-7-10-23(24)25)29-22-17-20(3)16-21(4)18-22/h7-8,10-11,16-19H,5-6,9,12-15H2,1-4H3,(H,28,32)(H,29,30). The van der Waals surface area contributed by atoms with Crippen LogP contribution in [0.15, 0.2) is 48.5 Å². The van der Waals surface area contributed by atoms with Gasteiger partial charge in [0, 0.05) is 17.6 Å². The van der Waals surface area contributed by atoms with Crippen LogP contribution in [-0.4, -0.2) is 42.0 Å². The summed E-state index contributed by atoms with van der Waals surface area (Å²) >= 11 is 0. The van der Waals surface area contributed by atoms with Crippen LogP contribution in [0.2, 0.25) is 0 Å². The minimum Gasteiger partial charge on any atom is -0.352 e. The van der Waals surface area contributed by atoms with Gasteiger partial charge in [-0.3, -0.25) is 4.79 Å². The molecule has 0 atom stereocenters. The van der Waals surface area contributed by atoms with E-state index in [0.717, 1.165) is 55.5 Å². The summed E-state index contributed by atoms with van der Waals surface area (Å²) in [4.78, 5) is 20.3. The molecule has 3 aromatic rings. The van der Waals surface area contributed by atoms with Crippen LogP contribution in [0.3, 0.4) is 0 Å². The van der Waals surface area contributed by atoms with Crippen molar-refractivity contribution in [3.05, 3.63) is 65.2 Å². The van der Waals surface area contributed by atoms with Gasteiger partial charge in [-0.05, 0) is 88.1 Å². The number of nitrogens with one attached hydrogen (secondary N) is 2. The Balaban J connectivity index is 1.74. The molecule has 32 heavy (non-hydrogen) atoms. The fourth-order valence-electron chi connectivity index (χ4n) is 4.19. The van der Waals surface area contributed by atoms with Gasteiger partial charge in [0.15, 0.2) is 0 Å². The van der Waals surface area contributed by atoms with Gasteiger partial charge >= 0.3 is 0 Å². The van der Waals surface area contributed by atoms with Crippen LogP contribution in [0, 0.1) is 13.8 Å². The van der Waals surface area contributed by atoms with Gasteiger partial charge in [0.05, 0.1) is 11.1 Å². The first-order valence-corrected chi connectivity index (χ1v) is 11.8. The van der Waals surface area contributed by atoms with Gasteiger partial charge in [0.1, 0.15) is 5.82 Å². The summed E-state index contributed by atoms with van der Waals surface area (Å²) in [6, 6.07) is 16.0. The van der Waals surface area contributed by atoms with E-state index in [1.54, 1.807) is 0 Å². The van der Waals surface area contributed by atoms with Crippen molar-refractivity contribution < 1.29 is 4.79 Å². The molecule has 1 heterocycles. The third kappa shape index (κ3) is 6.54. The SMILES string of the molecule is CCCN(CCC)CCCNC(=O)c1cc(Nc2cc(C)cc(C)c2)nc2ccccc12. The number of carbonyl (C=O) groups is 1. The zero-order valence-corrected chi connectivity index (χ0v) is 19.9. The summed E-state index contributed by atoms with van der Waals surface area (Å²) in [6.45, 7) is 12.5. The molecule has 2 N–H and O–H groups in total. The molecule has 0 radical (unpaired) electrons. The molecule has 5 nitrogen and oxygen atoms in total. The summed E-state index contributed by atoms with van der Waals surface area (Å²) < 4.78 is 0. The lowest BCUT2D eigenvalue weighted by Crippen LogP contribution is -2.31. The molecule has 170 valence electrons. The number of aromatic nitrogens is 1. The van der Waals surface area contributed by atoms with Crippen molar-refractivity contribution in [2.75, 3.05) is 31.5 Å². The lowest BCUT2D eigenvalue weighted by Gasteiger charge is -2.20. The number of amides is 1. The molecule has 5 heteroatoms. The Hall–Kier alpha value is -2.92. The summed E-state index contributed by atoms with van der Waals surface area (Å²) in [5, 5.41) is 7.37. The molecular weight excluding hydrogens is 396 g/mol. The number of rotatable bonds is 11. The minimum absolute atomic E-state index is 0.0513. The van der Waals surface area contributed by atoms with E-state index in [9.17, 15) is 4.79 Å². The first-order valence-electron chi connectivity index (χ1n) is 11.8. The normalized spacial score (nSPS) is 11.2. The van der Waals surface area contributed by atoms with Crippen molar-refractivity contribution in [1.82, 2.24) is 15.2 Å². The number of anilines is 2. The minimum atomic E-state index is -0.0513. The smallest absolute Gasteiger partial charge is 0.252 e. The van der Waals surface area contributed by atoms with Gasteiger partial charge < -0.3 is 15.5 Å². The van der Waals surface area contributed by atoms with E-state index >= 15 is 0 Å². The number of para-hydroxylation sites is 1. The maximum Gasteiger partial charge on any atom is 0.252 e. The lowest BCUT2D eigenvalue weighted by molar-refractivity contribution is 0.0953. The summed E-state index contributed by atoms with van der Waals surface area (Å²) in [5.41, 5.74) is 4.81. The molecule has 0 saturated carbocycles. The highest BCUT2D eigenvalue weighted by Gasteiger charge is 2.13. The zero-order valence-electron chi connectivity index (χ0n) is 19.9. The number of nitrogens with zero attached hydrogens (tertiary/aromatic N) is 2. The Kier molecular flexibility index (Phi) is 8.63. The Morgan fingerprint density at radius 1 is 0.938 bits per heavy atom. The first-order chi connectivity index (χ1) is 15.5. The summed E-state index contributed by atoms with van der Waals surface area (Å²) in [5.74, 6) is 0.625. The second kappa shape index (κ2) is 11.6. The largest absolute Gasteiger partial charge is 0.352 e. The number of fused-ring (bicyclic) bond motifs is 1. The average molecular weight is 433 g/mol. The quantitative estimate of drug-likeness (QED) is 0.374. The Bertz CT molecular complexity index is 1020. The van der Waals surface area contributed by atoms with E-state index in [1.807, 2.05) is 30.3 Å². The Morgan fingerprint density at radius 2 is 1.62 bits per heavy atom. The second-order valence-electron chi connectivity index (χ2n) is 8.52. The summed E-state index contributed by atoms with van der Waals surface area (Å²) in [6.07, 6.45) is 3.26. The van der Waals surface area contributed by atoms with Gasteiger partial charge in [-0.25, -0.2) is 4.98 Å². The maximum absolute atomic E-state index is 13.1. The molecule has 0 saturated heterocycles. The van der Waals surface area contributed by atoms with Crippen molar-refractivity contribution in [3.63, 3.8) is 0 Å². The Morgan fingerprint density at radius 3 is 2.31 bits per heavy atom. The van der Waals surface area contributed by atoms with Gasteiger partial charge in [0.25, 0.3) is 5.91 Å². The molecule has 1 aromatic heterocycles. The highest BCUT2D eigenvalue weighted by atomic mass is 16.1. The highest BCUT2D eigenvalue weighted by molar-refractivity contribution is 6.07. The van der Waals surface area contributed by atoms with Crippen molar-refractivity contribution in [1.29, 1.82) is 0 Å². The molecule has 0 aliphatic rings. The van der Waals surface area contributed by atoms with E-state index in [1.165, 1.54) is 11.1 Å². The number of pyridine rings is 1. The molecule has 0 spiro atoms. The van der Waals surface area contributed by atoms with E-state index in [4.69, 9.17) is 4.98 Å². The zero-order chi connectivity index (χ0) is 22.9. The predicted octanol–water partition coefficient (Wildman–Crippen LogP) is 5.84. The van der Waals surface area contributed by atoms with E-state index in [2.05, 4.69) is 61.4 Å². The molecular formula is C27H36N4O. The molecule has 2 aromatic carbocycles. The molecule has 1 amide bonds. The third-order valence-corrected chi connectivity index (χ3v) is 5.47. The van der Waals surface area contributed by atoms with Gasteiger partial charge in [0.2, 0.25) is 0 Å². The molecule has 0 aliphatic carbocycles. The van der Waals surface area contributed by atoms with Crippen LogP contribution in [0.4, 0.5) is 11.5 Å². The number of hydrogen-bond acceptors (Lipinski definition) is 4. The van der Waals surface area contributed by atoms with Crippen LogP contribution >= 0.6 is 0 Å². The van der Waals surface area contributed by atoms with Gasteiger partial charge in [-0.2, -0.15) is 0 Å². The topological polar surface area (TPSA) is 57.3 Å². The van der Waals surface area contributed by atoms with Crippen LogP contribution < -0.4 is 10.6 Å². The number of carbonyl (C=O) groups excluding carboxylic acids is 1. The highest BCUT2D eigenvalue weighted by Crippen LogP contribution is 2.24. The average Bonchev–Trinajstić information content (AvgIpc) is 2.75. The number of hydrogen-bond donors (Lipinski definition) is 2. The predicted molar refractivity (Wildman–Crippen MR) is 135 cm³/mol. The third-order valence-electron chi connectivity index (χ3n) is 5.47. The number of benzene rings is 2. The van der Waals surface area contributed by atoms with E-state index in [-0.39, 0.29) is 5.91 Å². The van der Waals surface area contributed by atoms with Crippen LogP contribution in [0.25, 0.3) is 10.9 Å². The monoisotopic (exact) mass is 432 g/mol. The van der Waals surface area contributed by atoms with Crippen molar-refractivity contribution in [3.8, 4) is 0 Å².